The van der Waals surface area contributed by atoms with Gasteiger partial charge in [0.1, 0.15) is 34.1 Å². The number of benzene rings is 1. The van der Waals surface area contributed by atoms with Crippen LogP contribution in [-0.2, 0) is 5.60 Å². The second-order valence-electron chi connectivity index (χ2n) is 9.65. The van der Waals surface area contributed by atoms with Gasteiger partial charge in [-0.2, -0.15) is 0 Å². The Balaban J connectivity index is 1.90. The minimum atomic E-state index is -1.88. The molecule has 1 aliphatic rings. The molecular formula is C25H31ClFN5O4. The zero-order chi connectivity index (χ0) is 26.4. The third-order valence-electron chi connectivity index (χ3n) is 6.52. The number of halogens is 2. The van der Waals surface area contributed by atoms with Gasteiger partial charge in [0.2, 0.25) is 0 Å². The van der Waals surface area contributed by atoms with Gasteiger partial charge in [0.15, 0.2) is 5.82 Å². The van der Waals surface area contributed by atoms with Gasteiger partial charge in [-0.3, -0.25) is 9.20 Å². The van der Waals surface area contributed by atoms with Gasteiger partial charge >= 0.3 is 0 Å². The molecule has 0 saturated heterocycles. The molecule has 3 aromatic rings. The molecule has 3 atom stereocenters. The van der Waals surface area contributed by atoms with E-state index in [9.17, 15) is 15.0 Å². The molecule has 5 N–H and O–H groups in total. The van der Waals surface area contributed by atoms with E-state index in [1.807, 2.05) is 0 Å². The molecule has 1 aliphatic carbocycles. The van der Waals surface area contributed by atoms with Crippen molar-refractivity contribution in [1.29, 1.82) is 0 Å². The zero-order valence-corrected chi connectivity index (χ0v) is 21.4. The average molecular weight is 520 g/mol. The second-order valence-corrected chi connectivity index (χ2v) is 10.1. The van der Waals surface area contributed by atoms with Crippen molar-refractivity contribution in [3.63, 3.8) is 0 Å². The number of rotatable bonds is 6. The van der Waals surface area contributed by atoms with Crippen molar-refractivity contribution >= 4 is 28.8 Å². The number of nitrogens with one attached hydrogen (secondary N) is 1. The topological polar surface area (TPSA) is 135 Å². The van der Waals surface area contributed by atoms with E-state index in [4.69, 9.17) is 22.1 Å². The molecule has 0 spiro atoms. The fourth-order valence-electron chi connectivity index (χ4n) is 4.76. The van der Waals surface area contributed by atoms with Crippen molar-refractivity contribution in [2.45, 2.75) is 77.2 Å². The third-order valence-corrected chi connectivity index (χ3v) is 6.79. The number of aliphatic hydroxyl groups excluding tert-OH is 1. The van der Waals surface area contributed by atoms with E-state index in [1.165, 1.54) is 19.2 Å². The molecule has 0 bridgehead atoms. The molecule has 9 nitrogen and oxygen atoms in total. The van der Waals surface area contributed by atoms with Crippen LogP contribution in [0.15, 0.2) is 18.5 Å². The smallest absolute Gasteiger partial charge is 0.258 e. The van der Waals surface area contributed by atoms with Gasteiger partial charge in [-0.15, -0.1) is 0 Å². The number of imidazole rings is 1. The lowest BCUT2D eigenvalue weighted by molar-refractivity contribution is 0.0703. The van der Waals surface area contributed by atoms with Gasteiger partial charge in [-0.1, -0.05) is 24.4 Å². The maximum atomic E-state index is 15.4. The van der Waals surface area contributed by atoms with Crippen LogP contribution < -0.4 is 15.8 Å². The summed E-state index contributed by atoms with van der Waals surface area (Å²) in [7, 11) is 0. The molecule has 1 saturated carbocycles. The quantitative estimate of drug-likeness (QED) is 0.391. The van der Waals surface area contributed by atoms with E-state index in [1.54, 1.807) is 31.4 Å². The molecule has 194 valence electrons. The lowest BCUT2D eigenvalue weighted by Crippen LogP contribution is -2.45. The molecular weight excluding hydrogens is 489 g/mol. The monoisotopic (exact) mass is 519 g/mol. The van der Waals surface area contributed by atoms with Gasteiger partial charge in [0.25, 0.3) is 5.91 Å². The normalized spacial score (nSPS) is 19.9. The fourth-order valence-corrected chi connectivity index (χ4v) is 4.96. The van der Waals surface area contributed by atoms with E-state index in [2.05, 4.69) is 15.3 Å². The third kappa shape index (κ3) is 4.60. The largest absolute Gasteiger partial charge is 0.490 e. The van der Waals surface area contributed by atoms with Crippen LogP contribution in [0.5, 0.6) is 5.75 Å². The Bertz CT molecular complexity index is 1310. The highest BCUT2D eigenvalue weighted by Gasteiger charge is 2.39. The van der Waals surface area contributed by atoms with Crippen LogP contribution in [0.1, 0.15) is 73.9 Å². The SMILES string of the molecule is Cc1nc([C@@](C)(O)c2cc(Cl)c(F)c(C(=O)N[C@@H]3CCCC[C@@H]3O)c2OC(C)C)n2ccnc(N)c12. The number of ether oxygens (including phenoxy) is 1. The van der Waals surface area contributed by atoms with Crippen molar-refractivity contribution < 1.29 is 24.1 Å². The van der Waals surface area contributed by atoms with Gasteiger partial charge in [-0.05, 0) is 46.6 Å². The van der Waals surface area contributed by atoms with E-state index in [0.29, 0.717) is 24.1 Å². The van der Waals surface area contributed by atoms with E-state index >= 15 is 4.39 Å². The van der Waals surface area contributed by atoms with Gasteiger partial charge in [0, 0.05) is 18.0 Å². The second kappa shape index (κ2) is 9.84. The summed E-state index contributed by atoms with van der Waals surface area (Å²) in [6.45, 7) is 6.63. The highest BCUT2D eigenvalue weighted by Crippen LogP contribution is 2.42. The summed E-state index contributed by atoms with van der Waals surface area (Å²) >= 11 is 6.26. The van der Waals surface area contributed by atoms with Crippen LogP contribution in [0, 0.1) is 12.7 Å². The first kappa shape index (κ1) is 26.1. The number of carbonyl (C=O) groups is 1. The molecule has 0 unspecified atom stereocenters. The Kier molecular flexibility index (Phi) is 7.14. The molecule has 2 heterocycles. The van der Waals surface area contributed by atoms with E-state index in [-0.39, 0.29) is 28.0 Å². The molecule has 2 aromatic heterocycles. The summed E-state index contributed by atoms with van der Waals surface area (Å²) < 4.78 is 23.0. The summed E-state index contributed by atoms with van der Waals surface area (Å²) in [5.74, 6) is -1.53. The predicted octanol–water partition coefficient (Wildman–Crippen LogP) is 3.49. The zero-order valence-electron chi connectivity index (χ0n) is 20.7. The van der Waals surface area contributed by atoms with Crippen LogP contribution in [0.25, 0.3) is 5.52 Å². The number of hydrogen-bond acceptors (Lipinski definition) is 7. The number of aliphatic hydroxyl groups is 2. The van der Waals surface area contributed by atoms with Gasteiger partial charge < -0.3 is 26.0 Å². The first-order valence-corrected chi connectivity index (χ1v) is 12.3. The number of anilines is 1. The van der Waals surface area contributed by atoms with Crippen LogP contribution in [0.2, 0.25) is 5.02 Å². The number of aromatic nitrogens is 3. The summed E-state index contributed by atoms with van der Waals surface area (Å²) in [4.78, 5) is 22.0. The molecule has 0 aliphatic heterocycles. The molecule has 11 heteroatoms. The van der Waals surface area contributed by atoms with Crippen LogP contribution in [0.4, 0.5) is 10.2 Å². The number of amides is 1. The maximum absolute atomic E-state index is 15.4. The Morgan fingerprint density at radius 1 is 1.39 bits per heavy atom. The van der Waals surface area contributed by atoms with Crippen molar-refractivity contribution in [1.82, 2.24) is 19.7 Å². The number of aryl methyl sites for hydroxylation is 1. The lowest BCUT2D eigenvalue weighted by Gasteiger charge is -2.30. The summed E-state index contributed by atoms with van der Waals surface area (Å²) in [6.07, 6.45) is 4.66. The Morgan fingerprint density at radius 3 is 2.75 bits per heavy atom. The first-order valence-electron chi connectivity index (χ1n) is 11.9. The molecule has 1 aromatic carbocycles. The highest BCUT2D eigenvalue weighted by molar-refractivity contribution is 6.31. The van der Waals surface area contributed by atoms with Crippen molar-refractivity contribution in [2.24, 2.45) is 0 Å². The molecule has 4 rings (SSSR count). The fraction of sp³-hybridized carbons (Fsp3) is 0.480. The van der Waals surface area contributed by atoms with Crippen LogP contribution in [-0.4, -0.2) is 48.7 Å². The molecule has 0 radical (unpaired) electrons. The maximum Gasteiger partial charge on any atom is 0.258 e. The molecule has 1 amide bonds. The van der Waals surface area contributed by atoms with E-state index in [0.717, 1.165) is 12.8 Å². The minimum Gasteiger partial charge on any atom is -0.490 e. The van der Waals surface area contributed by atoms with Crippen molar-refractivity contribution in [3.8, 4) is 5.75 Å². The Hall–Kier alpha value is -2.95. The molecule has 36 heavy (non-hydrogen) atoms. The Labute approximate surface area is 213 Å². The average Bonchev–Trinajstić information content (AvgIpc) is 3.16. The van der Waals surface area contributed by atoms with Crippen molar-refractivity contribution in [3.05, 3.63) is 51.9 Å². The van der Waals surface area contributed by atoms with Gasteiger partial charge in [-0.25, -0.2) is 14.4 Å². The number of nitrogen functional groups attached to an aromatic ring is 1. The van der Waals surface area contributed by atoms with Gasteiger partial charge in [0.05, 0.1) is 29.0 Å². The lowest BCUT2D eigenvalue weighted by atomic mass is 9.90. The first-order chi connectivity index (χ1) is 16.9. The number of carbonyl (C=O) groups excluding carboxylic acids is 1. The van der Waals surface area contributed by atoms with Crippen molar-refractivity contribution in [2.75, 3.05) is 5.73 Å². The summed E-state index contributed by atoms with van der Waals surface area (Å²) in [5, 5.41) is 24.6. The standard InChI is InChI=1S/C25H31ClFN5O4/c1-12(2)36-21-14(25(4,35)24-30-13(3)20-22(28)29-9-10-32(20)24)11-15(26)19(27)18(21)23(34)31-16-7-5-6-8-17(16)33/h9-12,16-17,33,35H,5-8H2,1-4H3,(H2,28,29)(H,31,34)/t16-,17+,25+/m1/s1. The minimum absolute atomic E-state index is 0.0548. The van der Waals surface area contributed by atoms with Crippen LogP contribution in [0.3, 0.4) is 0 Å². The predicted molar refractivity (Wildman–Crippen MR) is 134 cm³/mol. The number of nitrogens with zero attached hydrogens (tertiary/aromatic N) is 3. The Morgan fingerprint density at radius 2 is 2.08 bits per heavy atom. The van der Waals surface area contributed by atoms with Crippen LogP contribution >= 0.6 is 11.6 Å². The summed E-state index contributed by atoms with van der Waals surface area (Å²) in [5.41, 5.74) is 4.80. The number of fused-ring (bicyclic) bond motifs is 1. The number of hydrogen-bond donors (Lipinski definition) is 4. The summed E-state index contributed by atoms with van der Waals surface area (Å²) in [6, 6.07) is 0.705. The highest BCUT2D eigenvalue weighted by atomic mass is 35.5. The molecule has 1 fully saturated rings. The number of nitrogens with two attached hydrogens (primary N) is 1. The van der Waals surface area contributed by atoms with E-state index < -0.39 is 41.1 Å².